The molecule has 5 nitrogen and oxygen atoms in total. The maximum atomic E-state index is 11.4. The lowest BCUT2D eigenvalue weighted by Crippen LogP contribution is -2.14. The van der Waals surface area contributed by atoms with Gasteiger partial charge in [0, 0.05) is 23.6 Å². The fourth-order valence-electron chi connectivity index (χ4n) is 2.50. The molecule has 0 saturated carbocycles. The van der Waals surface area contributed by atoms with Crippen LogP contribution in [-0.4, -0.2) is 10.5 Å². The number of benzene rings is 2. The molecule has 0 radical (unpaired) electrons. The summed E-state index contributed by atoms with van der Waals surface area (Å²) in [5.41, 5.74) is 14.2. The van der Waals surface area contributed by atoms with E-state index in [9.17, 15) is 4.79 Å². The molecule has 112 valence electrons. The molecular formula is C17H17N3O2. The summed E-state index contributed by atoms with van der Waals surface area (Å²) in [6.45, 7) is 0.437. The second-order valence-corrected chi connectivity index (χ2v) is 5.21. The molecule has 0 saturated heterocycles. The van der Waals surface area contributed by atoms with Gasteiger partial charge in [0.25, 0.3) is 5.91 Å². The highest BCUT2D eigenvalue weighted by Crippen LogP contribution is 2.24. The minimum atomic E-state index is -0.444. The standard InChI is InChI=1S/C17H17N3O2/c1-20-15-6-5-14(8-12(15)9-16(20)17(19)21)22-10-11-3-2-4-13(18)7-11/h2-9H,10,18H2,1H3,(H2,19,21). The number of aromatic nitrogens is 1. The summed E-state index contributed by atoms with van der Waals surface area (Å²) in [5.74, 6) is 0.289. The molecule has 0 bridgehead atoms. The molecule has 0 fully saturated rings. The Hall–Kier alpha value is -2.95. The molecule has 5 heteroatoms. The molecule has 1 heterocycles. The van der Waals surface area contributed by atoms with Crippen LogP contribution < -0.4 is 16.2 Å². The lowest BCUT2D eigenvalue weighted by atomic mass is 10.2. The van der Waals surface area contributed by atoms with Crippen molar-refractivity contribution in [2.75, 3.05) is 5.73 Å². The van der Waals surface area contributed by atoms with Crippen molar-refractivity contribution < 1.29 is 9.53 Å². The molecular weight excluding hydrogens is 278 g/mol. The Morgan fingerprint density at radius 2 is 2.00 bits per heavy atom. The second kappa shape index (κ2) is 5.44. The number of ether oxygens (including phenoxy) is 1. The van der Waals surface area contributed by atoms with E-state index in [1.54, 1.807) is 10.6 Å². The summed E-state index contributed by atoms with van der Waals surface area (Å²) in [7, 11) is 1.82. The quantitative estimate of drug-likeness (QED) is 0.725. The molecule has 3 rings (SSSR count). The van der Waals surface area contributed by atoms with E-state index in [2.05, 4.69) is 0 Å². The summed E-state index contributed by atoms with van der Waals surface area (Å²) < 4.78 is 7.56. The van der Waals surface area contributed by atoms with Crippen LogP contribution in [0.5, 0.6) is 5.75 Å². The molecule has 4 N–H and O–H groups in total. The first-order chi connectivity index (χ1) is 10.5. The van der Waals surface area contributed by atoms with Crippen molar-refractivity contribution in [2.45, 2.75) is 6.61 Å². The van der Waals surface area contributed by atoms with Crippen LogP contribution >= 0.6 is 0 Å². The number of rotatable bonds is 4. The number of nitrogens with zero attached hydrogens (tertiary/aromatic N) is 1. The predicted molar refractivity (Wildman–Crippen MR) is 86.6 cm³/mol. The normalized spacial score (nSPS) is 10.8. The zero-order valence-electron chi connectivity index (χ0n) is 12.2. The molecule has 0 spiro atoms. The smallest absolute Gasteiger partial charge is 0.265 e. The van der Waals surface area contributed by atoms with Gasteiger partial charge in [-0.25, -0.2) is 0 Å². The van der Waals surface area contributed by atoms with E-state index in [0.717, 1.165) is 22.2 Å². The Morgan fingerprint density at radius 3 is 2.73 bits per heavy atom. The lowest BCUT2D eigenvalue weighted by Gasteiger charge is -2.07. The molecule has 1 aromatic heterocycles. The van der Waals surface area contributed by atoms with E-state index in [1.807, 2.05) is 49.5 Å². The second-order valence-electron chi connectivity index (χ2n) is 5.21. The highest BCUT2D eigenvalue weighted by atomic mass is 16.5. The summed E-state index contributed by atoms with van der Waals surface area (Å²) in [5, 5.41) is 0.918. The molecule has 0 aliphatic rings. The van der Waals surface area contributed by atoms with Crippen molar-refractivity contribution in [2.24, 2.45) is 12.8 Å². The van der Waals surface area contributed by atoms with Crippen molar-refractivity contribution in [3.05, 3.63) is 59.8 Å². The fraction of sp³-hybridized carbons (Fsp3) is 0.118. The molecule has 22 heavy (non-hydrogen) atoms. The van der Waals surface area contributed by atoms with Gasteiger partial charge in [-0.1, -0.05) is 12.1 Å². The van der Waals surface area contributed by atoms with Gasteiger partial charge in [0.1, 0.15) is 18.1 Å². The number of amides is 1. The number of carbonyl (C=O) groups excluding carboxylic acids is 1. The van der Waals surface area contributed by atoms with Gasteiger partial charge in [0.05, 0.1) is 0 Å². The monoisotopic (exact) mass is 295 g/mol. The Balaban J connectivity index is 1.84. The van der Waals surface area contributed by atoms with Gasteiger partial charge in [-0.05, 0) is 42.0 Å². The van der Waals surface area contributed by atoms with Crippen molar-refractivity contribution in [3.63, 3.8) is 0 Å². The number of hydrogen-bond acceptors (Lipinski definition) is 3. The Bertz CT molecular complexity index is 852. The third-order valence-corrected chi connectivity index (χ3v) is 3.62. The van der Waals surface area contributed by atoms with E-state index in [1.165, 1.54) is 0 Å². The first-order valence-corrected chi connectivity index (χ1v) is 6.91. The first-order valence-electron chi connectivity index (χ1n) is 6.91. The highest BCUT2D eigenvalue weighted by molar-refractivity contribution is 5.98. The molecule has 0 unspecified atom stereocenters. The third kappa shape index (κ3) is 2.61. The summed E-state index contributed by atoms with van der Waals surface area (Å²) in [6.07, 6.45) is 0. The van der Waals surface area contributed by atoms with Crippen LogP contribution in [0.3, 0.4) is 0 Å². The van der Waals surface area contributed by atoms with Crippen molar-refractivity contribution in [1.29, 1.82) is 0 Å². The van der Waals surface area contributed by atoms with Crippen LogP contribution in [0.4, 0.5) is 5.69 Å². The summed E-state index contributed by atoms with van der Waals surface area (Å²) in [4.78, 5) is 11.4. The number of nitrogens with two attached hydrogens (primary N) is 2. The number of nitrogen functional groups attached to an aromatic ring is 1. The SMILES string of the molecule is Cn1c(C(N)=O)cc2cc(OCc3cccc(N)c3)ccc21. The van der Waals surface area contributed by atoms with E-state index in [4.69, 9.17) is 16.2 Å². The van der Waals surface area contributed by atoms with E-state index in [-0.39, 0.29) is 0 Å². The van der Waals surface area contributed by atoms with Gasteiger partial charge < -0.3 is 20.8 Å². The Kier molecular flexibility index (Phi) is 3.47. The first kappa shape index (κ1) is 14.0. The Morgan fingerprint density at radius 1 is 1.18 bits per heavy atom. The van der Waals surface area contributed by atoms with E-state index < -0.39 is 5.91 Å². The maximum absolute atomic E-state index is 11.4. The van der Waals surface area contributed by atoms with Crippen LogP contribution in [-0.2, 0) is 13.7 Å². The minimum absolute atomic E-state index is 0.437. The fourth-order valence-corrected chi connectivity index (χ4v) is 2.50. The van der Waals surface area contributed by atoms with Gasteiger partial charge in [-0.2, -0.15) is 0 Å². The average Bonchev–Trinajstić information content (AvgIpc) is 2.82. The predicted octanol–water partition coefficient (Wildman–Crippen LogP) is 2.44. The third-order valence-electron chi connectivity index (χ3n) is 3.62. The van der Waals surface area contributed by atoms with E-state index >= 15 is 0 Å². The topological polar surface area (TPSA) is 83.3 Å². The van der Waals surface area contributed by atoms with Crippen LogP contribution in [0.1, 0.15) is 16.1 Å². The molecule has 3 aromatic rings. The van der Waals surface area contributed by atoms with E-state index in [0.29, 0.717) is 18.0 Å². The van der Waals surface area contributed by atoms with Crippen LogP contribution in [0.2, 0.25) is 0 Å². The van der Waals surface area contributed by atoms with Gasteiger partial charge >= 0.3 is 0 Å². The number of anilines is 1. The number of fused-ring (bicyclic) bond motifs is 1. The van der Waals surface area contributed by atoms with Crippen molar-refractivity contribution in [3.8, 4) is 5.75 Å². The molecule has 0 aliphatic heterocycles. The molecule has 1 amide bonds. The largest absolute Gasteiger partial charge is 0.489 e. The minimum Gasteiger partial charge on any atom is -0.489 e. The van der Waals surface area contributed by atoms with Gasteiger partial charge in [-0.3, -0.25) is 4.79 Å². The van der Waals surface area contributed by atoms with Gasteiger partial charge in [0.2, 0.25) is 0 Å². The highest BCUT2D eigenvalue weighted by Gasteiger charge is 2.10. The number of primary amides is 1. The summed E-state index contributed by atoms with van der Waals surface area (Å²) >= 11 is 0. The maximum Gasteiger partial charge on any atom is 0.265 e. The van der Waals surface area contributed by atoms with Crippen LogP contribution in [0, 0.1) is 0 Å². The molecule has 0 aliphatic carbocycles. The van der Waals surface area contributed by atoms with Crippen LogP contribution in [0.15, 0.2) is 48.5 Å². The average molecular weight is 295 g/mol. The Labute approximate surface area is 128 Å². The van der Waals surface area contributed by atoms with Gasteiger partial charge in [-0.15, -0.1) is 0 Å². The summed E-state index contributed by atoms with van der Waals surface area (Å²) in [6, 6.07) is 15.0. The zero-order valence-corrected chi connectivity index (χ0v) is 12.2. The lowest BCUT2D eigenvalue weighted by molar-refractivity contribution is 0.0993. The number of carbonyl (C=O) groups is 1. The molecule has 2 aromatic carbocycles. The van der Waals surface area contributed by atoms with Crippen LogP contribution in [0.25, 0.3) is 10.9 Å². The zero-order chi connectivity index (χ0) is 15.7. The molecule has 0 atom stereocenters. The number of hydrogen-bond donors (Lipinski definition) is 2. The van der Waals surface area contributed by atoms with Crippen molar-refractivity contribution in [1.82, 2.24) is 4.57 Å². The van der Waals surface area contributed by atoms with Crippen molar-refractivity contribution >= 4 is 22.5 Å². The van der Waals surface area contributed by atoms with Gasteiger partial charge in [0.15, 0.2) is 0 Å². The number of aryl methyl sites for hydroxylation is 1.